The van der Waals surface area contributed by atoms with Gasteiger partial charge in [0, 0.05) is 12.6 Å². The number of benzene rings is 1. The summed E-state index contributed by atoms with van der Waals surface area (Å²) in [6.07, 6.45) is 0. The predicted molar refractivity (Wildman–Crippen MR) is 47.6 cm³/mol. The molecule has 0 aliphatic rings. The molecule has 4 N–H and O–H groups in total. The summed E-state index contributed by atoms with van der Waals surface area (Å²) >= 11 is 0. The smallest absolute Gasteiger partial charge is 0.249 e. The van der Waals surface area contributed by atoms with Crippen LogP contribution < -0.4 is 11.1 Å². The fourth-order valence-electron chi connectivity index (χ4n) is 0.932. The van der Waals surface area contributed by atoms with Crippen LogP contribution in [0.5, 0.6) is 0 Å². The number of nitrogens with two attached hydrogens (primary N) is 2. The largest absolute Gasteiger partial charge is 0.398 e. The molecule has 0 aliphatic carbocycles. The Kier molecular flexibility index (Phi) is 2.24. The minimum absolute atomic E-state index is 0.159. The number of carbonyl (C=O) groups excluding carboxylic acids is 1. The second kappa shape index (κ2) is 3.17. The number of ketones is 1. The minimum atomic E-state index is -0.159. The molecule has 12 heavy (non-hydrogen) atoms. The van der Waals surface area contributed by atoms with Gasteiger partial charge in [0.15, 0.2) is 0 Å². The van der Waals surface area contributed by atoms with Crippen molar-refractivity contribution < 1.29 is 10.2 Å². The average molecular weight is 163 g/mol. The van der Waals surface area contributed by atoms with Gasteiger partial charge in [-0.25, -0.2) is 0 Å². The van der Waals surface area contributed by atoms with Crippen molar-refractivity contribution >= 4 is 17.2 Å². The number of para-hydroxylation sites is 1. The lowest BCUT2D eigenvalue weighted by molar-refractivity contribution is -0.132. The molecule has 1 aromatic rings. The maximum absolute atomic E-state index is 10.9. The highest BCUT2D eigenvalue weighted by atomic mass is 16.1. The van der Waals surface area contributed by atoms with Crippen LogP contribution in [0.4, 0.5) is 5.69 Å². The highest BCUT2D eigenvalue weighted by Crippen LogP contribution is 2.09. The molecule has 0 saturated carbocycles. The summed E-state index contributed by atoms with van der Waals surface area (Å²) in [5.41, 5.74) is 6.97. The number of nitrogen functional groups attached to an aromatic ring is 1. The first-order valence-electron chi connectivity index (χ1n) is 3.61. The van der Waals surface area contributed by atoms with Crippen LogP contribution in [-0.4, -0.2) is 11.5 Å². The molecule has 0 aromatic heterocycles. The van der Waals surface area contributed by atoms with Gasteiger partial charge in [0.05, 0.1) is 5.56 Å². The first-order valence-corrected chi connectivity index (χ1v) is 3.61. The zero-order chi connectivity index (χ0) is 9.14. The van der Waals surface area contributed by atoms with Gasteiger partial charge < -0.3 is 5.73 Å². The number of rotatable bonds is 2. The number of Topliss-reactive ketones (excluding diaryl/α,β-unsaturated/α-hetero) is 1. The highest BCUT2D eigenvalue weighted by Gasteiger charge is 2.14. The van der Waals surface area contributed by atoms with Crippen molar-refractivity contribution in [2.45, 2.75) is 6.92 Å². The Labute approximate surface area is 70.7 Å². The van der Waals surface area contributed by atoms with Gasteiger partial charge in [0.1, 0.15) is 0 Å². The lowest BCUT2D eigenvalue weighted by Crippen LogP contribution is -2.44. The molecule has 0 amide bonds. The van der Waals surface area contributed by atoms with Gasteiger partial charge in [-0.15, -0.1) is 0 Å². The van der Waals surface area contributed by atoms with Crippen molar-refractivity contribution in [1.29, 1.82) is 0 Å². The second-order valence-corrected chi connectivity index (χ2v) is 2.56. The molecule has 0 aliphatic heterocycles. The number of carbonyl (C=O) groups is 1. The minimum Gasteiger partial charge on any atom is -0.398 e. The van der Waals surface area contributed by atoms with E-state index < -0.39 is 0 Å². The van der Waals surface area contributed by atoms with Crippen molar-refractivity contribution in [3.63, 3.8) is 0 Å². The molecule has 3 nitrogen and oxygen atoms in total. The third kappa shape index (κ3) is 1.50. The molecule has 1 rings (SSSR count). The maximum Gasteiger partial charge on any atom is 0.249 e. The third-order valence-electron chi connectivity index (χ3n) is 1.63. The van der Waals surface area contributed by atoms with Gasteiger partial charge in [-0.1, -0.05) is 12.1 Å². The van der Waals surface area contributed by atoms with Crippen molar-refractivity contribution in [3.05, 3.63) is 29.8 Å². The van der Waals surface area contributed by atoms with E-state index in [9.17, 15) is 4.79 Å². The Morgan fingerprint density at radius 2 is 2.00 bits per heavy atom. The van der Waals surface area contributed by atoms with Crippen LogP contribution in [-0.2, 0) is 4.79 Å². The summed E-state index contributed by atoms with van der Waals surface area (Å²) in [6.45, 7) is 1.42. The molecular weight excluding hydrogens is 152 g/mol. The van der Waals surface area contributed by atoms with Crippen LogP contribution in [0.3, 0.4) is 0 Å². The summed E-state index contributed by atoms with van der Waals surface area (Å²) in [7, 11) is 0. The second-order valence-electron chi connectivity index (χ2n) is 2.56. The van der Waals surface area contributed by atoms with E-state index in [1.54, 1.807) is 24.3 Å². The molecule has 3 heteroatoms. The number of hydrogen-bond acceptors (Lipinski definition) is 2. The van der Waals surface area contributed by atoms with Crippen LogP contribution in [0, 0.1) is 0 Å². The van der Waals surface area contributed by atoms with E-state index in [2.05, 4.69) is 0 Å². The summed E-state index contributed by atoms with van der Waals surface area (Å²) in [5.74, 6) is -0.159. The molecular formula is C9H11N2O+. The lowest BCUT2D eigenvalue weighted by Gasteiger charge is -1.98. The molecule has 0 spiro atoms. The standard InChI is InChI=1S/C9H10N2O/c1-6(12)9(11)7-4-2-3-5-8(7)10/h2-5,11H,10H2,1H3/p+1. The summed E-state index contributed by atoms with van der Waals surface area (Å²) in [5, 5.41) is 5.53. The lowest BCUT2D eigenvalue weighted by atomic mass is 10.1. The molecule has 1 aromatic carbocycles. The molecule has 0 radical (unpaired) electrons. The van der Waals surface area contributed by atoms with E-state index in [-0.39, 0.29) is 11.5 Å². The SMILES string of the molecule is CC(=O)C(=[NH2+])c1ccccc1N. The molecule has 0 bridgehead atoms. The van der Waals surface area contributed by atoms with Crippen LogP contribution in [0.1, 0.15) is 12.5 Å². The number of hydrogen-bond donors (Lipinski definition) is 2. The Morgan fingerprint density at radius 1 is 1.42 bits per heavy atom. The van der Waals surface area contributed by atoms with Crippen LogP contribution in [0.25, 0.3) is 0 Å². The Balaban J connectivity index is 3.11. The van der Waals surface area contributed by atoms with Gasteiger partial charge in [0.2, 0.25) is 11.5 Å². The van der Waals surface area contributed by atoms with E-state index in [0.717, 1.165) is 0 Å². The molecule has 62 valence electrons. The van der Waals surface area contributed by atoms with Crippen LogP contribution in [0.15, 0.2) is 24.3 Å². The van der Waals surface area contributed by atoms with Crippen molar-refractivity contribution in [1.82, 2.24) is 0 Å². The van der Waals surface area contributed by atoms with Gasteiger partial charge >= 0.3 is 0 Å². The van der Waals surface area contributed by atoms with Gasteiger partial charge in [-0.3, -0.25) is 10.2 Å². The first kappa shape index (κ1) is 8.46. The Morgan fingerprint density at radius 3 is 2.50 bits per heavy atom. The highest BCUT2D eigenvalue weighted by molar-refractivity contribution is 6.43. The Hall–Kier alpha value is -1.64. The fraction of sp³-hybridized carbons (Fsp3) is 0.111. The fourth-order valence-corrected chi connectivity index (χ4v) is 0.932. The van der Waals surface area contributed by atoms with E-state index in [1.807, 2.05) is 0 Å². The van der Waals surface area contributed by atoms with Crippen molar-refractivity contribution in [3.8, 4) is 0 Å². The zero-order valence-electron chi connectivity index (χ0n) is 6.87. The van der Waals surface area contributed by atoms with Crippen molar-refractivity contribution in [2.75, 3.05) is 5.73 Å². The van der Waals surface area contributed by atoms with Crippen LogP contribution >= 0.6 is 0 Å². The van der Waals surface area contributed by atoms with E-state index in [4.69, 9.17) is 11.1 Å². The van der Waals surface area contributed by atoms with Gasteiger partial charge in [0.25, 0.3) is 0 Å². The quantitative estimate of drug-likeness (QED) is 0.452. The van der Waals surface area contributed by atoms with Gasteiger partial charge in [-0.05, 0) is 12.1 Å². The Bertz CT molecular complexity index is 331. The summed E-state index contributed by atoms with van der Waals surface area (Å²) < 4.78 is 0. The third-order valence-corrected chi connectivity index (χ3v) is 1.63. The average Bonchev–Trinajstić information content (AvgIpc) is 2.04. The monoisotopic (exact) mass is 163 g/mol. The molecule has 0 atom stereocenters. The van der Waals surface area contributed by atoms with E-state index >= 15 is 0 Å². The summed E-state index contributed by atoms with van der Waals surface area (Å²) in [6, 6.07) is 7.03. The molecule has 0 heterocycles. The summed E-state index contributed by atoms with van der Waals surface area (Å²) in [4.78, 5) is 10.9. The zero-order valence-corrected chi connectivity index (χ0v) is 6.87. The van der Waals surface area contributed by atoms with E-state index in [0.29, 0.717) is 11.3 Å². The van der Waals surface area contributed by atoms with Gasteiger partial charge in [-0.2, -0.15) is 0 Å². The topological polar surface area (TPSA) is 68.7 Å². The van der Waals surface area contributed by atoms with Crippen LogP contribution in [0.2, 0.25) is 0 Å². The number of anilines is 1. The van der Waals surface area contributed by atoms with E-state index in [1.165, 1.54) is 6.92 Å². The molecule has 0 fully saturated rings. The predicted octanol–water partition coefficient (Wildman–Crippen LogP) is -0.594. The first-order chi connectivity index (χ1) is 5.63. The maximum atomic E-state index is 10.9. The molecule has 0 saturated heterocycles. The molecule has 0 unspecified atom stereocenters. The normalized spacial score (nSPS) is 9.42. The van der Waals surface area contributed by atoms with Crippen molar-refractivity contribution in [2.24, 2.45) is 0 Å².